The Morgan fingerprint density at radius 2 is 1.89 bits per heavy atom. The zero-order chi connectivity index (χ0) is 24.9. The van der Waals surface area contributed by atoms with Crippen molar-refractivity contribution >= 4 is 17.0 Å². The Labute approximate surface area is 209 Å². The van der Waals surface area contributed by atoms with Crippen molar-refractivity contribution < 1.29 is 18.7 Å². The fraction of sp³-hybridized carbons (Fsp3) is 0.310. The van der Waals surface area contributed by atoms with Gasteiger partial charge in [0.1, 0.15) is 12.4 Å². The van der Waals surface area contributed by atoms with Crippen LogP contribution in [0.15, 0.2) is 72.9 Å². The zero-order valence-electron chi connectivity index (χ0n) is 20.4. The van der Waals surface area contributed by atoms with Gasteiger partial charge >= 0.3 is 6.09 Å². The second-order valence-corrected chi connectivity index (χ2v) is 9.78. The van der Waals surface area contributed by atoms with Crippen LogP contribution in [0.3, 0.4) is 0 Å². The van der Waals surface area contributed by atoms with E-state index in [1.54, 1.807) is 19.2 Å². The Hall–Kier alpha value is -3.71. The summed E-state index contributed by atoms with van der Waals surface area (Å²) in [5.41, 5.74) is 5.33. The van der Waals surface area contributed by atoms with Crippen molar-refractivity contribution in [3.63, 3.8) is 0 Å². The predicted octanol–water partition coefficient (Wildman–Crippen LogP) is 5.22. The molecule has 2 heterocycles. The average molecular weight is 486 g/mol. The number of aromatic nitrogens is 2. The second-order valence-electron chi connectivity index (χ2n) is 9.78. The molecule has 0 radical (unpaired) electrons. The van der Waals surface area contributed by atoms with Crippen molar-refractivity contribution in [3.8, 4) is 5.69 Å². The normalized spacial score (nSPS) is 22.6. The number of hydrogen-bond acceptors (Lipinski definition) is 4. The molecule has 0 bridgehead atoms. The van der Waals surface area contributed by atoms with E-state index in [-0.39, 0.29) is 23.9 Å². The average Bonchev–Trinajstić information content (AvgIpc) is 3.16. The molecule has 2 aliphatic rings. The Kier molecular flexibility index (Phi) is 5.52. The van der Waals surface area contributed by atoms with E-state index in [1.807, 2.05) is 21.8 Å². The van der Waals surface area contributed by atoms with E-state index < -0.39 is 0 Å². The van der Waals surface area contributed by atoms with E-state index in [2.05, 4.69) is 48.4 Å². The largest absolute Gasteiger partial charge is 0.447 e. The molecule has 36 heavy (non-hydrogen) atoms. The van der Waals surface area contributed by atoms with Crippen LogP contribution in [0.5, 0.6) is 0 Å². The SMILES string of the molecule is COCCOC(=O)N1C[C@@H]2[C@@H](c3ccccc3)[C@]2(c2cc3cnn(-c4ccc(F)cc4)c3cc2C)C1. The van der Waals surface area contributed by atoms with Crippen molar-refractivity contribution in [3.05, 3.63) is 95.4 Å². The third-order valence-electron chi connectivity index (χ3n) is 7.80. The standard InChI is InChI=1S/C29H28FN3O3/c1-19-14-26-21(16-31-33(26)23-10-8-22(30)9-11-23)15-24(19)29-18-32(28(34)36-13-12-35-2)17-25(29)27(29)20-6-4-3-5-7-20/h3-11,14-16,25,27H,12-13,17-18H2,1-2H3/t25-,27-,29+/m1/s1. The molecule has 1 saturated carbocycles. The minimum Gasteiger partial charge on any atom is -0.447 e. The Bertz CT molecular complexity index is 1420. The number of nitrogens with zero attached hydrogens (tertiary/aromatic N) is 3. The predicted molar refractivity (Wildman–Crippen MR) is 135 cm³/mol. The monoisotopic (exact) mass is 485 g/mol. The molecule has 1 aliphatic heterocycles. The molecule has 1 aromatic heterocycles. The van der Waals surface area contributed by atoms with Gasteiger partial charge in [-0.3, -0.25) is 0 Å². The van der Waals surface area contributed by atoms with Gasteiger partial charge in [-0.15, -0.1) is 0 Å². The number of hydrogen-bond donors (Lipinski definition) is 0. The maximum Gasteiger partial charge on any atom is 0.409 e. The lowest BCUT2D eigenvalue weighted by Gasteiger charge is -2.25. The first kappa shape index (κ1) is 22.7. The van der Waals surface area contributed by atoms with Gasteiger partial charge in [0.05, 0.1) is 24.0 Å². The van der Waals surface area contributed by atoms with Crippen molar-refractivity contribution in [1.82, 2.24) is 14.7 Å². The third-order valence-corrected chi connectivity index (χ3v) is 7.80. The molecule has 0 N–H and O–H groups in total. The van der Waals surface area contributed by atoms with E-state index >= 15 is 0 Å². The van der Waals surface area contributed by atoms with E-state index in [1.165, 1.54) is 23.3 Å². The topological polar surface area (TPSA) is 56.6 Å². The summed E-state index contributed by atoms with van der Waals surface area (Å²) < 4.78 is 25.8. The lowest BCUT2D eigenvalue weighted by atomic mass is 9.86. The van der Waals surface area contributed by atoms with Crippen LogP contribution in [0.1, 0.15) is 22.6 Å². The molecule has 3 aromatic carbocycles. The van der Waals surface area contributed by atoms with Gasteiger partial charge in [0, 0.05) is 36.9 Å². The van der Waals surface area contributed by atoms with Crippen LogP contribution < -0.4 is 0 Å². The molecule has 1 aliphatic carbocycles. The van der Waals surface area contributed by atoms with Crippen LogP contribution in [-0.2, 0) is 14.9 Å². The molecule has 6 nitrogen and oxygen atoms in total. The number of benzene rings is 3. The number of piperidine rings is 1. The number of fused-ring (bicyclic) bond motifs is 2. The minimum atomic E-state index is -0.284. The number of ether oxygens (including phenoxy) is 2. The van der Waals surface area contributed by atoms with Gasteiger partial charge in [-0.05, 0) is 65.9 Å². The van der Waals surface area contributed by atoms with Crippen molar-refractivity contribution in [1.29, 1.82) is 0 Å². The minimum absolute atomic E-state index is 0.169. The van der Waals surface area contributed by atoms with Crippen molar-refractivity contribution in [2.75, 3.05) is 33.4 Å². The molecular weight excluding hydrogens is 457 g/mol. The molecule has 0 spiro atoms. The van der Waals surface area contributed by atoms with E-state index in [4.69, 9.17) is 9.47 Å². The Morgan fingerprint density at radius 1 is 1.11 bits per heavy atom. The quantitative estimate of drug-likeness (QED) is 0.351. The number of likely N-dealkylation sites (tertiary alicyclic amines) is 1. The van der Waals surface area contributed by atoms with Crippen LogP contribution in [0.4, 0.5) is 9.18 Å². The van der Waals surface area contributed by atoms with Crippen LogP contribution >= 0.6 is 0 Å². The van der Waals surface area contributed by atoms with Gasteiger partial charge in [0.25, 0.3) is 0 Å². The van der Waals surface area contributed by atoms with Gasteiger partial charge in [0.2, 0.25) is 0 Å². The summed E-state index contributed by atoms with van der Waals surface area (Å²) in [5.74, 6) is 0.384. The molecule has 1 amide bonds. The summed E-state index contributed by atoms with van der Waals surface area (Å²) in [6.45, 7) is 4.04. The van der Waals surface area contributed by atoms with Crippen LogP contribution in [-0.4, -0.2) is 54.2 Å². The smallest absolute Gasteiger partial charge is 0.409 e. The highest BCUT2D eigenvalue weighted by Gasteiger charge is 2.71. The first-order chi connectivity index (χ1) is 17.5. The fourth-order valence-electron chi connectivity index (χ4n) is 6.17. The summed E-state index contributed by atoms with van der Waals surface area (Å²) in [7, 11) is 1.59. The summed E-state index contributed by atoms with van der Waals surface area (Å²) in [4.78, 5) is 14.6. The summed E-state index contributed by atoms with van der Waals surface area (Å²) >= 11 is 0. The molecule has 6 rings (SSSR count). The lowest BCUT2D eigenvalue weighted by molar-refractivity contribution is 0.0736. The maximum absolute atomic E-state index is 13.5. The molecule has 2 fully saturated rings. The lowest BCUT2D eigenvalue weighted by Crippen LogP contribution is -2.35. The molecule has 4 aromatic rings. The van der Waals surface area contributed by atoms with Gasteiger partial charge in [-0.1, -0.05) is 30.3 Å². The van der Waals surface area contributed by atoms with Crippen molar-refractivity contribution in [2.24, 2.45) is 5.92 Å². The number of amides is 1. The van der Waals surface area contributed by atoms with Gasteiger partial charge in [-0.2, -0.15) is 5.10 Å². The highest BCUT2D eigenvalue weighted by Crippen LogP contribution is 2.69. The summed E-state index contributed by atoms with van der Waals surface area (Å²) in [5, 5.41) is 5.62. The second kappa shape index (κ2) is 8.75. The number of methoxy groups -OCH3 is 1. The maximum atomic E-state index is 13.5. The van der Waals surface area contributed by atoms with Crippen LogP contribution in [0.2, 0.25) is 0 Å². The Balaban J connectivity index is 1.38. The number of carbonyl (C=O) groups excluding carboxylic acids is 1. The van der Waals surface area contributed by atoms with E-state index in [9.17, 15) is 9.18 Å². The van der Waals surface area contributed by atoms with Crippen LogP contribution in [0.25, 0.3) is 16.6 Å². The fourth-order valence-corrected chi connectivity index (χ4v) is 6.17. The highest BCUT2D eigenvalue weighted by atomic mass is 19.1. The van der Waals surface area contributed by atoms with Crippen molar-refractivity contribution in [2.45, 2.75) is 18.3 Å². The first-order valence-electron chi connectivity index (χ1n) is 12.2. The van der Waals surface area contributed by atoms with E-state index in [0.717, 1.165) is 22.2 Å². The Morgan fingerprint density at radius 3 is 2.64 bits per heavy atom. The zero-order valence-corrected chi connectivity index (χ0v) is 20.4. The number of carbonyl (C=O) groups is 1. The van der Waals surface area contributed by atoms with Crippen LogP contribution in [0, 0.1) is 18.7 Å². The van der Waals surface area contributed by atoms with Gasteiger partial charge < -0.3 is 14.4 Å². The number of halogens is 1. The van der Waals surface area contributed by atoms with E-state index in [0.29, 0.717) is 31.5 Å². The highest BCUT2D eigenvalue weighted by molar-refractivity contribution is 5.83. The van der Waals surface area contributed by atoms with Gasteiger partial charge in [0.15, 0.2) is 0 Å². The molecular formula is C29H28FN3O3. The molecule has 7 heteroatoms. The number of rotatable bonds is 6. The molecule has 1 saturated heterocycles. The molecule has 3 atom stereocenters. The number of aryl methyl sites for hydroxylation is 1. The molecule has 0 unspecified atom stereocenters. The summed E-state index contributed by atoms with van der Waals surface area (Å²) in [6.07, 6.45) is 1.58. The molecule has 184 valence electrons. The first-order valence-corrected chi connectivity index (χ1v) is 12.2. The third kappa shape index (κ3) is 3.57. The summed E-state index contributed by atoms with van der Waals surface area (Å²) in [6, 6.07) is 21.3. The van der Waals surface area contributed by atoms with Gasteiger partial charge in [-0.25, -0.2) is 13.9 Å².